The van der Waals surface area contributed by atoms with E-state index >= 15 is 0 Å². The molecule has 1 aromatic carbocycles. The van der Waals surface area contributed by atoms with Crippen LogP contribution in [-0.2, 0) is 35.0 Å². The zero-order chi connectivity index (χ0) is 32.6. The molecule has 4 rings (SSSR count). The van der Waals surface area contributed by atoms with E-state index in [-0.39, 0.29) is 30.0 Å². The molecule has 0 saturated carbocycles. The Kier molecular flexibility index (Phi) is 9.67. The van der Waals surface area contributed by atoms with Gasteiger partial charge >= 0.3 is 12.1 Å². The highest BCUT2D eigenvalue weighted by Gasteiger charge is 2.64. The number of benzene rings is 1. The molecule has 0 radical (unpaired) electrons. The number of nitrogens with one attached hydrogen (secondary N) is 1. The number of allylic oxidation sites excluding steroid dienone is 3. The molecule has 4 bridgehead atoms. The second-order valence-corrected chi connectivity index (χ2v) is 12.4. The molecular formula is C32H44N2O10. The van der Waals surface area contributed by atoms with Gasteiger partial charge in [0.25, 0.3) is 0 Å². The smallest absolute Gasteiger partial charge is 0.409 e. The molecule has 0 aliphatic carbocycles. The number of epoxide rings is 1. The van der Waals surface area contributed by atoms with Crippen molar-refractivity contribution in [2.24, 2.45) is 11.8 Å². The van der Waals surface area contributed by atoms with Crippen molar-refractivity contribution in [1.29, 1.82) is 0 Å². The van der Waals surface area contributed by atoms with Gasteiger partial charge in [-0.2, -0.15) is 0 Å². The molecule has 2 unspecified atom stereocenters. The molecule has 2 amide bonds. The molecule has 0 spiro atoms. The Balaban J connectivity index is 1.80. The van der Waals surface area contributed by atoms with E-state index in [4.69, 9.17) is 23.7 Å². The maximum Gasteiger partial charge on any atom is 0.409 e. The lowest BCUT2D eigenvalue weighted by Gasteiger charge is -2.42. The number of rotatable bonds is 4. The van der Waals surface area contributed by atoms with Crippen LogP contribution >= 0.6 is 0 Å². The van der Waals surface area contributed by atoms with Gasteiger partial charge in [-0.05, 0) is 38.0 Å². The molecule has 2 saturated heterocycles. The summed E-state index contributed by atoms with van der Waals surface area (Å²) in [6.45, 7) is 8.85. The van der Waals surface area contributed by atoms with Crippen molar-refractivity contribution in [2.75, 3.05) is 26.2 Å². The summed E-state index contributed by atoms with van der Waals surface area (Å²) in [5.74, 6) is -1.85. The number of ether oxygens (including phenoxy) is 5. The average molecular weight is 617 g/mol. The SMILES string of the molecule is COc1cc2cc(c1O)N(C)C(=O)CC(OC(=O)C(C)C)[C@]1(C)O[C@H]1[C@H](C)[C@@H]1CC(O)(NC(=O)O1)[C@H](OC)/C=C/C=C(\C)C2. The molecule has 12 nitrogen and oxygen atoms in total. The lowest BCUT2D eigenvalue weighted by Crippen LogP contribution is -2.63. The number of esters is 1. The highest BCUT2D eigenvalue weighted by atomic mass is 16.7. The number of nitrogens with zero attached hydrogens (tertiary/aromatic N) is 1. The summed E-state index contributed by atoms with van der Waals surface area (Å²) in [4.78, 5) is 40.5. The van der Waals surface area contributed by atoms with E-state index in [1.165, 1.54) is 26.2 Å². The van der Waals surface area contributed by atoms with Gasteiger partial charge in [0.1, 0.15) is 23.9 Å². The molecule has 3 aliphatic rings. The third kappa shape index (κ3) is 6.72. The summed E-state index contributed by atoms with van der Waals surface area (Å²) >= 11 is 0. The Morgan fingerprint density at radius 1 is 1.23 bits per heavy atom. The fourth-order valence-corrected chi connectivity index (χ4v) is 5.91. The Labute approximate surface area is 257 Å². The zero-order valence-corrected chi connectivity index (χ0v) is 26.6. The van der Waals surface area contributed by atoms with Crippen LogP contribution in [-0.4, -0.2) is 85.2 Å². The number of aromatic hydroxyl groups is 1. The Morgan fingerprint density at radius 2 is 1.93 bits per heavy atom. The van der Waals surface area contributed by atoms with Crippen LogP contribution in [0.2, 0.25) is 0 Å². The van der Waals surface area contributed by atoms with Crippen molar-refractivity contribution < 1.29 is 48.3 Å². The van der Waals surface area contributed by atoms with Gasteiger partial charge in [0.05, 0.1) is 31.2 Å². The van der Waals surface area contributed by atoms with Crippen molar-refractivity contribution in [3.8, 4) is 11.5 Å². The molecular weight excluding hydrogens is 572 g/mol. The molecule has 3 heterocycles. The summed E-state index contributed by atoms with van der Waals surface area (Å²) in [6.07, 6.45) is 1.36. The second kappa shape index (κ2) is 12.8. The number of fused-ring (bicyclic) bond motifs is 5. The summed E-state index contributed by atoms with van der Waals surface area (Å²) in [5, 5.41) is 25.0. The molecule has 3 aliphatic heterocycles. The first-order valence-electron chi connectivity index (χ1n) is 14.8. The number of phenolic OH excluding ortho intramolecular Hbond substituents is 1. The van der Waals surface area contributed by atoms with Gasteiger partial charge in [-0.3, -0.25) is 14.9 Å². The van der Waals surface area contributed by atoms with Crippen LogP contribution in [0.1, 0.15) is 53.0 Å². The number of hydrogen-bond donors (Lipinski definition) is 3. The van der Waals surface area contributed by atoms with Crippen molar-refractivity contribution in [3.63, 3.8) is 0 Å². The van der Waals surface area contributed by atoms with E-state index < -0.39 is 65.5 Å². The normalized spacial score (nSPS) is 34.6. The molecule has 2 fully saturated rings. The van der Waals surface area contributed by atoms with Gasteiger partial charge in [0.2, 0.25) is 5.91 Å². The van der Waals surface area contributed by atoms with Crippen molar-refractivity contribution in [3.05, 3.63) is 41.5 Å². The van der Waals surface area contributed by atoms with Crippen molar-refractivity contribution in [1.82, 2.24) is 5.32 Å². The number of carbonyl (C=O) groups is 3. The number of aliphatic hydroxyl groups is 1. The van der Waals surface area contributed by atoms with Crippen LogP contribution in [0, 0.1) is 11.8 Å². The number of carbonyl (C=O) groups excluding carboxylic acids is 3. The lowest BCUT2D eigenvalue weighted by molar-refractivity contribution is -0.157. The number of methoxy groups -OCH3 is 2. The summed E-state index contributed by atoms with van der Waals surface area (Å²) in [7, 11) is 4.40. The number of phenols is 1. The van der Waals surface area contributed by atoms with Crippen molar-refractivity contribution >= 4 is 23.7 Å². The van der Waals surface area contributed by atoms with Crippen LogP contribution in [0.4, 0.5) is 10.5 Å². The van der Waals surface area contributed by atoms with E-state index in [1.807, 2.05) is 19.9 Å². The molecule has 1 aromatic rings. The minimum Gasteiger partial charge on any atom is -0.503 e. The maximum atomic E-state index is 13.7. The van der Waals surface area contributed by atoms with Gasteiger partial charge in [0.15, 0.2) is 17.2 Å². The predicted octanol–water partition coefficient (Wildman–Crippen LogP) is 3.38. The van der Waals surface area contributed by atoms with E-state index in [2.05, 4.69) is 5.32 Å². The molecule has 242 valence electrons. The molecule has 12 heteroatoms. The van der Waals surface area contributed by atoms with Crippen LogP contribution in [0.15, 0.2) is 35.9 Å². The largest absolute Gasteiger partial charge is 0.503 e. The highest BCUT2D eigenvalue weighted by Crippen LogP contribution is 2.49. The Morgan fingerprint density at radius 3 is 2.57 bits per heavy atom. The van der Waals surface area contributed by atoms with Gasteiger partial charge in [-0.1, -0.05) is 44.6 Å². The van der Waals surface area contributed by atoms with E-state index in [1.54, 1.807) is 45.1 Å². The molecule has 44 heavy (non-hydrogen) atoms. The van der Waals surface area contributed by atoms with Gasteiger partial charge in [-0.15, -0.1) is 0 Å². The summed E-state index contributed by atoms with van der Waals surface area (Å²) in [6, 6.07) is 3.40. The molecule has 7 atom stereocenters. The minimum atomic E-state index is -1.78. The lowest BCUT2D eigenvalue weighted by atomic mass is 9.83. The van der Waals surface area contributed by atoms with E-state index in [0.29, 0.717) is 6.42 Å². The minimum absolute atomic E-state index is 0.00951. The first-order chi connectivity index (χ1) is 20.6. The third-order valence-electron chi connectivity index (χ3n) is 8.72. The third-order valence-corrected chi connectivity index (χ3v) is 8.72. The van der Waals surface area contributed by atoms with Crippen LogP contribution < -0.4 is 15.0 Å². The Hall–Kier alpha value is -3.61. The average Bonchev–Trinajstić information content (AvgIpc) is 3.66. The van der Waals surface area contributed by atoms with Crippen molar-refractivity contribution in [2.45, 2.75) is 89.6 Å². The predicted molar refractivity (Wildman–Crippen MR) is 160 cm³/mol. The first kappa shape index (κ1) is 33.3. The summed E-state index contributed by atoms with van der Waals surface area (Å²) in [5.41, 5.74) is -0.953. The quantitative estimate of drug-likeness (QED) is 0.339. The number of hydrogen-bond acceptors (Lipinski definition) is 10. The zero-order valence-electron chi connectivity index (χ0n) is 26.6. The van der Waals surface area contributed by atoms with Crippen LogP contribution in [0.3, 0.4) is 0 Å². The fraction of sp³-hybridized carbons (Fsp3) is 0.594. The number of alkyl carbamates (subject to hydrolysis) is 1. The summed E-state index contributed by atoms with van der Waals surface area (Å²) < 4.78 is 28.6. The number of anilines is 1. The van der Waals surface area contributed by atoms with Gasteiger partial charge in [-0.25, -0.2) is 4.79 Å². The molecule has 0 aromatic heterocycles. The topological polar surface area (TPSA) is 156 Å². The fourth-order valence-electron chi connectivity index (χ4n) is 5.91. The van der Waals surface area contributed by atoms with Crippen LogP contribution in [0.25, 0.3) is 0 Å². The van der Waals surface area contributed by atoms with E-state index in [0.717, 1.165) is 11.1 Å². The van der Waals surface area contributed by atoms with Gasteiger partial charge in [0, 0.05) is 26.5 Å². The van der Waals surface area contributed by atoms with Crippen LogP contribution in [0.5, 0.6) is 11.5 Å². The number of amides is 2. The Bertz CT molecular complexity index is 1340. The molecule has 3 N–H and O–H groups in total. The standard InChI is InChI=1S/C32H44N2O10/c1-17(2)29(37)43-25-15-26(35)34(6)21-13-20(14-22(40-7)27(21)36)12-18(3)10-9-11-24(41-8)32(39)16-23(42-30(38)33-32)19(4)28-31(25,5)44-28/h9-11,13-14,17,19,23-25,28,36,39H,12,15-16H2,1-8H3,(H,33,38)/b11-9+,18-10+/t19-,23+,24-,25?,28+,31+,32?/m1/s1. The highest BCUT2D eigenvalue weighted by molar-refractivity contribution is 5.95. The maximum absolute atomic E-state index is 13.7. The van der Waals surface area contributed by atoms with E-state index in [9.17, 15) is 24.6 Å². The first-order valence-corrected chi connectivity index (χ1v) is 14.8. The second-order valence-electron chi connectivity index (χ2n) is 12.4. The van der Waals surface area contributed by atoms with Gasteiger partial charge < -0.3 is 38.8 Å². The monoisotopic (exact) mass is 616 g/mol.